The number of rotatable bonds is 5. The van der Waals surface area contributed by atoms with Crippen molar-refractivity contribution in [2.24, 2.45) is 5.84 Å². The molecular weight excluding hydrogens is 256 g/mol. The number of hydrogen-bond acceptors (Lipinski definition) is 4. The molecule has 1 aromatic carbocycles. The van der Waals surface area contributed by atoms with Crippen LogP contribution in [-0.2, 0) is 0 Å². The van der Waals surface area contributed by atoms with Crippen LogP contribution < -0.4 is 16.0 Å². The molecule has 2 aromatic rings. The van der Waals surface area contributed by atoms with Gasteiger partial charge in [-0.3, -0.25) is 15.3 Å². The Balaban J connectivity index is 2.31. The Morgan fingerprint density at radius 1 is 1.45 bits per heavy atom. The molecule has 0 aliphatic rings. The van der Waals surface area contributed by atoms with Crippen LogP contribution in [0.25, 0.3) is 0 Å². The van der Waals surface area contributed by atoms with Crippen LogP contribution in [0.15, 0.2) is 30.3 Å². The second-order valence-electron chi connectivity index (χ2n) is 4.41. The van der Waals surface area contributed by atoms with Gasteiger partial charge in [0.2, 0.25) is 0 Å². The molecule has 6 heteroatoms. The average molecular weight is 274 g/mol. The molecule has 20 heavy (non-hydrogen) atoms. The van der Waals surface area contributed by atoms with E-state index < -0.39 is 0 Å². The fraction of sp³-hybridized carbons (Fsp3) is 0.286. The quantitative estimate of drug-likeness (QED) is 0.440. The van der Waals surface area contributed by atoms with Gasteiger partial charge in [-0.2, -0.15) is 5.10 Å². The number of hydrazine groups is 1. The monoisotopic (exact) mass is 274 g/mol. The number of aromatic amines is 1. The molecule has 4 N–H and O–H groups in total. The van der Waals surface area contributed by atoms with Gasteiger partial charge < -0.3 is 4.74 Å². The van der Waals surface area contributed by atoms with Crippen molar-refractivity contribution < 1.29 is 9.53 Å². The first-order chi connectivity index (χ1) is 9.67. The number of H-pyrrole nitrogens is 1. The molecule has 0 saturated carbocycles. The number of aromatic nitrogens is 2. The maximum absolute atomic E-state index is 11.8. The van der Waals surface area contributed by atoms with E-state index in [4.69, 9.17) is 10.6 Å². The Hall–Kier alpha value is -2.34. The van der Waals surface area contributed by atoms with E-state index in [1.165, 1.54) is 0 Å². The van der Waals surface area contributed by atoms with E-state index in [9.17, 15) is 4.79 Å². The van der Waals surface area contributed by atoms with Crippen molar-refractivity contribution in [3.63, 3.8) is 0 Å². The zero-order chi connectivity index (χ0) is 14.5. The molecule has 106 valence electrons. The van der Waals surface area contributed by atoms with E-state index >= 15 is 0 Å². The van der Waals surface area contributed by atoms with Crippen LogP contribution in [0.2, 0.25) is 0 Å². The Morgan fingerprint density at radius 3 is 2.75 bits per heavy atom. The highest BCUT2D eigenvalue weighted by molar-refractivity contribution is 5.96. The summed E-state index contributed by atoms with van der Waals surface area (Å²) < 4.78 is 5.90. The van der Waals surface area contributed by atoms with E-state index in [0.29, 0.717) is 23.4 Å². The fourth-order valence-electron chi connectivity index (χ4n) is 2.04. The first-order valence-electron chi connectivity index (χ1n) is 6.44. The molecule has 2 rings (SSSR count). The van der Waals surface area contributed by atoms with Gasteiger partial charge in [-0.15, -0.1) is 0 Å². The molecule has 0 aliphatic carbocycles. The molecule has 1 atom stereocenters. The third-order valence-electron chi connectivity index (χ3n) is 3.03. The summed E-state index contributed by atoms with van der Waals surface area (Å²) in [4.78, 5) is 11.8. The third-order valence-corrected chi connectivity index (χ3v) is 3.03. The van der Waals surface area contributed by atoms with Gasteiger partial charge in [-0.1, -0.05) is 25.1 Å². The summed E-state index contributed by atoms with van der Waals surface area (Å²) in [7, 11) is 0. The summed E-state index contributed by atoms with van der Waals surface area (Å²) in [6, 6.07) is 9.44. The van der Waals surface area contributed by atoms with E-state index in [2.05, 4.69) is 15.6 Å². The Morgan fingerprint density at radius 2 is 2.15 bits per heavy atom. The molecule has 1 amide bonds. The average Bonchev–Trinajstić information content (AvgIpc) is 2.86. The number of para-hydroxylation sites is 1. The number of carbonyl (C=O) groups excluding carboxylic acids is 1. The number of nitrogen functional groups attached to an aromatic ring is 1. The number of ether oxygens (including phenoxy) is 1. The van der Waals surface area contributed by atoms with Gasteiger partial charge >= 0.3 is 0 Å². The minimum atomic E-state index is -0.374. The van der Waals surface area contributed by atoms with Crippen LogP contribution in [0.1, 0.15) is 41.2 Å². The number of nitrogens with two attached hydrogens (primary N) is 1. The molecule has 0 spiro atoms. The second kappa shape index (κ2) is 6.21. The first-order valence-corrected chi connectivity index (χ1v) is 6.44. The van der Waals surface area contributed by atoms with E-state index in [0.717, 1.165) is 5.75 Å². The predicted octanol–water partition coefficient (Wildman–Crippen LogP) is 1.85. The molecule has 0 bridgehead atoms. The highest BCUT2D eigenvalue weighted by Gasteiger charge is 2.24. The maximum Gasteiger partial charge on any atom is 0.269 e. The number of aryl methyl sites for hydroxylation is 1. The Labute approximate surface area is 117 Å². The molecule has 1 unspecified atom stereocenters. The van der Waals surface area contributed by atoms with E-state index in [1.807, 2.05) is 37.3 Å². The normalized spacial score (nSPS) is 11.9. The van der Waals surface area contributed by atoms with Crippen molar-refractivity contribution >= 4 is 5.91 Å². The van der Waals surface area contributed by atoms with Gasteiger partial charge in [0.25, 0.3) is 5.91 Å². The number of hydrogen-bond donors (Lipinski definition) is 3. The zero-order valence-corrected chi connectivity index (χ0v) is 11.5. The minimum Gasteiger partial charge on any atom is -0.484 e. The van der Waals surface area contributed by atoms with Crippen LogP contribution in [0, 0.1) is 6.92 Å². The lowest BCUT2D eigenvalue weighted by Crippen LogP contribution is -2.31. The molecule has 0 radical (unpaired) electrons. The Bertz CT molecular complexity index is 580. The summed E-state index contributed by atoms with van der Waals surface area (Å²) in [6.07, 6.45) is 0.374. The van der Waals surface area contributed by atoms with Gasteiger partial charge in [0.05, 0.1) is 5.56 Å². The largest absolute Gasteiger partial charge is 0.484 e. The van der Waals surface area contributed by atoms with Gasteiger partial charge in [0.1, 0.15) is 17.5 Å². The summed E-state index contributed by atoms with van der Waals surface area (Å²) >= 11 is 0. The highest BCUT2D eigenvalue weighted by atomic mass is 16.5. The number of nitrogens with one attached hydrogen (secondary N) is 2. The number of amides is 1. The van der Waals surface area contributed by atoms with Crippen LogP contribution in [0.5, 0.6) is 5.75 Å². The van der Waals surface area contributed by atoms with Crippen molar-refractivity contribution in [2.45, 2.75) is 26.4 Å². The van der Waals surface area contributed by atoms with Gasteiger partial charge in [0, 0.05) is 5.69 Å². The van der Waals surface area contributed by atoms with Crippen molar-refractivity contribution in [1.82, 2.24) is 15.6 Å². The lowest BCUT2D eigenvalue weighted by Gasteiger charge is -2.16. The van der Waals surface area contributed by atoms with E-state index in [1.54, 1.807) is 6.92 Å². The fourth-order valence-corrected chi connectivity index (χ4v) is 2.04. The lowest BCUT2D eigenvalue weighted by atomic mass is 10.1. The molecule has 0 saturated heterocycles. The van der Waals surface area contributed by atoms with Crippen LogP contribution in [0.4, 0.5) is 0 Å². The van der Waals surface area contributed by atoms with Crippen molar-refractivity contribution in [3.8, 4) is 5.75 Å². The van der Waals surface area contributed by atoms with Gasteiger partial charge in [-0.05, 0) is 25.5 Å². The zero-order valence-electron chi connectivity index (χ0n) is 11.5. The van der Waals surface area contributed by atoms with Crippen LogP contribution in [0.3, 0.4) is 0 Å². The SMILES string of the molecule is CCC(Oc1ccccc1)c1n[nH]c(C)c1C(=O)NN. The van der Waals surface area contributed by atoms with Gasteiger partial charge in [-0.25, -0.2) is 5.84 Å². The minimum absolute atomic E-state index is 0.311. The molecular formula is C14H18N4O2. The summed E-state index contributed by atoms with van der Waals surface area (Å²) in [5.74, 6) is 5.57. The topological polar surface area (TPSA) is 93.0 Å². The first kappa shape index (κ1) is 14.1. The van der Waals surface area contributed by atoms with Gasteiger partial charge in [0.15, 0.2) is 0 Å². The third kappa shape index (κ3) is 2.80. The lowest BCUT2D eigenvalue weighted by molar-refractivity contribution is 0.0947. The summed E-state index contributed by atoms with van der Waals surface area (Å²) in [5, 5.41) is 6.99. The smallest absolute Gasteiger partial charge is 0.269 e. The van der Waals surface area contributed by atoms with E-state index in [-0.39, 0.29) is 12.0 Å². The standard InChI is InChI=1S/C14H18N4O2/c1-3-11(20-10-7-5-4-6-8-10)13-12(14(19)16-15)9(2)17-18-13/h4-8,11H,3,15H2,1-2H3,(H,16,19)(H,17,18). The number of nitrogens with zero attached hydrogens (tertiary/aromatic N) is 1. The highest BCUT2D eigenvalue weighted by Crippen LogP contribution is 2.26. The summed E-state index contributed by atoms with van der Waals surface area (Å²) in [5.41, 5.74) is 3.81. The van der Waals surface area contributed by atoms with Crippen molar-refractivity contribution in [1.29, 1.82) is 0 Å². The van der Waals surface area contributed by atoms with Crippen molar-refractivity contribution in [3.05, 3.63) is 47.3 Å². The molecule has 0 fully saturated rings. The molecule has 1 heterocycles. The van der Waals surface area contributed by atoms with Crippen LogP contribution in [-0.4, -0.2) is 16.1 Å². The van der Waals surface area contributed by atoms with Crippen molar-refractivity contribution in [2.75, 3.05) is 0 Å². The molecule has 0 aliphatic heterocycles. The number of benzene rings is 1. The maximum atomic E-state index is 11.8. The predicted molar refractivity (Wildman–Crippen MR) is 75.1 cm³/mol. The van der Waals surface area contributed by atoms with Crippen LogP contribution >= 0.6 is 0 Å². The summed E-state index contributed by atoms with van der Waals surface area (Å²) in [6.45, 7) is 3.75. The molecule has 1 aromatic heterocycles. The Kier molecular flexibility index (Phi) is 4.37. The second-order valence-corrected chi connectivity index (χ2v) is 4.41. The number of carbonyl (C=O) groups is 1. The molecule has 6 nitrogen and oxygen atoms in total.